The Labute approximate surface area is 152 Å². The van der Waals surface area contributed by atoms with Gasteiger partial charge in [-0.15, -0.1) is 0 Å². The monoisotopic (exact) mass is 377 g/mol. The van der Waals surface area contributed by atoms with Gasteiger partial charge >= 0.3 is 0 Å². The fourth-order valence-electron chi connectivity index (χ4n) is 4.26. The van der Waals surface area contributed by atoms with Gasteiger partial charge in [-0.3, -0.25) is 9.69 Å². The van der Waals surface area contributed by atoms with Crippen molar-refractivity contribution < 1.29 is 18.3 Å². The number of para-hydroxylation sites is 1. The summed E-state index contributed by atoms with van der Waals surface area (Å²) < 4.78 is 26.3. The lowest BCUT2D eigenvalue weighted by Gasteiger charge is -2.43. The Morgan fingerprint density at radius 2 is 1.88 bits per heavy atom. The third-order valence-electron chi connectivity index (χ3n) is 5.48. The minimum Gasteiger partial charge on any atom is -0.395 e. The molecular formula is C18H23N3O4S. The van der Waals surface area contributed by atoms with E-state index >= 15 is 0 Å². The Hall–Kier alpha value is -1.90. The average molecular weight is 377 g/mol. The van der Waals surface area contributed by atoms with Gasteiger partial charge in [0.1, 0.15) is 6.54 Å². The maximum Gasteiger partial charge on any atom is 0.242 e. The highest BCUT2D eigenvalue weighted by molar-refractivity contribution is 7.91. The second kappa shape index (κ2) is 6.68. The number of aliphatic hydroxyl groups excluding tert-OH is 1. The van der Waals surface area contributed by atoms with E-state index in [1.165, 1.54) is 0 Å². The number of carbonyl (C=O) groups is 1. The summed E-state index contributed by atoms with van der Waals surface area (Å²) >= 11 is 0. The fourth-order valence-corrected chi connectivity index (χ4v) is 6.27. The highest BCUT2D eigenvalue weighted by atomic mass is 32.2. The molecule has 0 spiro atoms. The number of amides is 1. The Morgan fingerprint density at radius 3 is 2.69 bits per heavy atom. The zero-order chi connectivity index (χ0) is 18.3. The Balaban J connectivity index is 1.56. The predicted molar refractivity (Wildman–Crippen MR) is 98.5 cm³/mol. The van der Waals surface area contributed by atoms with Crippen LogP contribution in [0.1, 0.15) is 0 Å². The molecule has 0 aliphatic carbocycles. The van der Waals surface area contributed by atoms with Gasteiger partial charge in [-0.05, 0) is 17.5 Å². The van der Waals surface area contributed by atoms with Crippen LogP contribution in [0.2, 0.25) is 0 Å². The highest BCUT2D eigenvalue weighted by Gasteiger charge is 2.47. The second-order valence-corrected chi connectivity index (χ2v) is 9.21. The first kappa shape index (κ1) is 17.5. The van der Waals surface area contributed by atoms with Crippen LogP contribution >= 0.6 is 0 Å². The number of carbonyl (C=O) groups excluding carboxylic acids is 1. The predicted octanol–water partition coefficient (Wildman–Crippen LogP) is -0.0566. The van der Waals surface area contributed by atoms with Crippen molar-refractivity contribution in [3.8, 4) is 0 Å². The van der Waals surface area contributed by atoms with Gasteiger partial charge in [0.15, 0.2) is 9.84 Å². The van der Waals surface area contributed by atoms with E-state index in [0.29, 0.717) is 19.6 Å². The molecule has 1 aromatic heterocycles. The number of aliphatic hydroxyl groups is 1. The molecular weight excluding hydrogens is 354 g/mol. The molecule has 2 aromatic rings. The molecule has 0 saturated carbocycles. The minimum absolute atomic E-state index is 0.00737. The van der Waals surface area contributed by atoms with Gasteiger partial charge in [-0.1, -0.05) is 18.2 Å². The van der Waals surface area contributed by atoms with Gasteiger partial charge in [0.2, 0.25) is 5.91 Å². The maximum absolute atomic E-state index is 13.0. The van der Waals surface area contributed by atoms with Crippen molar-refractivity contribution >= 4 is 26.6 Å². The minimum atomic E-state index is -3.17. The van der Waals surface area contributed by atoms with Crippen molar-refractivity contribution in [2.24, 2.45) is 0 Å². The molecule has 26 heavy (non-hydrogen) atoms. The van der Waals surface area contributed by atoms with E-state index in [-0.39, 0.29) is 42.6 Å². The van der Waals surface area contributed by atoms with E-state index in [9.17, 15) is 18.3 Å². The van der Waals surface area contributed by atoms with E-state index in [1.807, 2.05) is 46.0 Å². The quantitative estimate of drug-likeness (QED) is 0.807. The first-order chi connectivity index (χ1) is 12.5. The summed E-state index contributed by atoms with van der Waals surface area (Å²) in [6.07, 6.45) is 1.90. The molecule has 2 aliphatic rings. The summed E-state index contributed by atoms with van der Waals surface area (Å²) in [5.74, 6) is 0.0214. The molecule has 4 rings (SSSR count). The van der Waals surface area contributed by atoms with Crippen molar-refractivity contribution in [3.63, 3.8) is 0 Å². The smallest absolute Gasteiger partial charge is 0.242 e. The summed E-state index contributed by atoms with van der Waals surface area (Å²) in [7, 11) is -3.17. The lowest BCUT2D eigenvalue weighted by atomic mass is 10.0. The summed E-state index contributed by atoms with van der Waals surface area (Å²) in [6, 6.07) is 9.32. The first-order valence-corrected chi connectivity index (χ1v) is 10.7. The van der Waals surface area contributed by atoms with Crippen molar-refractivity contribution in [2.75, 3.05) is 37.7 Å². The third kappa shape index (κ3) is 3.13. The number of rotatable bonds is 4. The highest BCUT2D eigenvalue weighted by Crippen LogP contribution is 2.27. The summed E-state index contributed by atoms with van der Waals surface area (Å²) in [5, 5.41) is 10.3. The molecule has 0 unspecified atom stereocenters. The normalized spacial score (nSPS) is 25.5. The number of β-amino-alcohol motifs (C(OH)–C–C–N with tert-alkyl or cyclic N) is 1. The standard InChI is InChI=1S/C18H23N3O4S/c22-10-9-19-7-8-21(17-13-26(24,25)12-16(17)19)18(23)11-20-6-5-14-3-1-2-4-15(14)20/h1-6,16-17,22H,7-13H2/t16-,17+/m0/s1. The van der Waals surface area contributed by atoms with Crippen LogP contribution in [0.25, 0.3) is 10.9 Å². The number of hydrogen-bond acceptors (Lipinski definition) is 5. The number of aromatic nitrogens is 1. The Bertz CT molecular complexity index is 923. The van der Waals surface area contributed by atoms with Crippen molar-refractivity contribution in [1.29, 1.82) is 0 Å². The van der Waals surface area contributed by atoms with Gasteiger partial charge in [-0.2, -0.15) is 0 Å². The van der Waals surface area contributed by atoms with E-state index in [1.54, 1.807) is 4.90 Å². The lowest BCUT2D eigenvalue weighted by molar-refractivity contribution is -0.137. The van der Waals surface area contributed by atoms with Gasteiger partial charge in [0, 0.05) is 37.4 Å². The average Bonchev–Trinajstić information content (AvgIpc) is 3.15. The molecule has 8 heteroatoms. The van der Waals surface area contributed by atoms with Crippen LogP contribution in [0.4, 0.5) is 0 Å². The van der Waals surface area contributed by atoms with Crippen LogP contribution in [0.3, 0.4) is 0 Å². The van der Waals surface area contributed by atoms with Crippen LogP contribution in [-0.4, -0.2) is 83.6 Å². The Morgan fingerprint density at radius 1 is 1.12 bits per heavy atom. The number of fused-ring (bicyclic) bond motifs is 2. The topological polar surface area (TPSA) is 82.8 Å². The van der Waals surface area contributed by atoms with Gasteiger partial charge < -0.3 is 14.6 Å². The molecule has 0 radical (unpaired) electrons. The van der Waals surface area contributed by atoms with Gasteiger partial charge in [0.25, 0.3) is 0 Å². The van der Waals surface area contributed by atoms with Gasteiger partial charge in [0.05, 0.1) is 24.2 Å². The summed E-state index contributed by atoms with van der Waals surface area (Å²) in [6.45, 7) is 1.73. The molecule has 1 N–H and O–H groups in total. The summed E-state index contributed by atoms with van der Waals surface area (Å²) in [5.41, 5.74) is 0.996. The zero-order valence-corrected chi connectivity index (χ0v) is 15.3. The van der Waals surface area contributed by atoms with Crippen LogP contribution in [0, 0.1) is 0 Å². The molecule has 3 heterocycles. The molecule has 0 bridgehead atoms. The first-order valence-electron chi connectivity index (χ1n) is 8.87. The molecule has 2 saturated heterocycles. The lowest BCUT2D eigenvalue weighted by Crippen LogP contribution is -2.61. The van der Waals surface area contributed by atoms with E-state index in [2.05, 4.69) is 0 Å². The van der Waals surface area contributed by atoms with Crippen molar-refractivity contribution in [3.05, 3.63) is 36.5 Å². The fraction of sp³-hybridized carbons (Fsp3) is 0.500. The molecule has 2 aliphatic heterocycles. The second-order valence-electron chi connectivity index (χ2n) is 7.06. The molecule has 7 nitrogen and oxygen atoms in total. The number of hydrogen-bond donors (Lipinski definition) is 1. The number of piperazine rings is 1. The summed E-state index contributed by atoms with van der Waals surface area (Å²) in [4.78, 5) is 16.7. The van der Waals surface area contributed by atoms with Crippen molar-refractivity contribution in [2.45, 2.75) is 18.6 Å². The molecule has 140 valence electrons. The van der Waals surface area contributed by atoms with E-state index < -0.39 is 9.84 Å². The van der Waals surface area contributed by atoms with Crippen LogP contribution in [0.15, 0.2) is 36.5 Å². The SMILES string of the molecule is O=C(Cn1ccc2ccccc21)N1CCN(CCO)[C@H]2CS(=O)(=O)C[C@H]21. The largest absolute Gasteiger partial charge is 0.395 e. The Kier molecular flexibility index (Phi) is 4.50. The van der Waals surface area contributed by atoms with Gasteiger partial charge in [-0.25, -0.2) is 8.42 Å². The molecule has 2 atom stereocenters. The molecule has 2 fully saturated rings. The third-order valence-corrected chi connectivity index (χ3v) is 7.18. The van der Waals surface area contributed by atoms with E-state index in [4.69, 9.17) is 0 Å². The van der Waals surface area contributed by atoms with Crippen LogP contribution < -0.4 is 0 Å². The van der Waals surface area contributed by atoms with E-state index in [0.717, 1.165) is 10.9 Å². The number of nitrogens with zero attached hydrogens (tertiary/aromatic N) is 3. The number of benzene rings is 1. The van der Waals surface area contributed by atoms with Crippen molar-refractivity contribution in [1.82, 2.24) is 14.4 Å². The van der Waals surface area contributed by atoms with Crippen LogP contribution in [-0.2, 0) is 21.2 Å². The molecule has 1 amide bonds. The maximum atomic E-state index is 13.0. The zero-order valence-electron chi connectivity index (χ0n) is 14.5. The van der Waals surface area contributed by atoms with Crippen LogP contribution in [0.5, 0.6) is 0 Å². The molecule has 1 aromatic carbocycles. The number of sulfone groups is 1.